The topological polar surface area (TPSA) is 50.4 Å². The molecular formula is C17H26N2O2. The summed E-state index contributed by atoms with van der Waals surface area (Å²) in [5, 5.41) is 6.07. The summed E-state index contributed by atoms with van der Waals surface area (Å²) in [6.45, 7) is 9.36. The van der Waals surface area contributed by atoms with Gasteiger partial charge in [0, 0.05) is 12.6 Å². The van der Waals surface area contributed by atoms with Crippen LogP contribution in [0.25, 0.3) is 0 Å². The summed E-state index contributed by atoms with van der Waals surface area (Å²) in [4.78, 5) is 11.4. The van der Waals surface area contributed by atoms with Crippen LogP contribution in [0.5, 0.6) is 5.75 Å². The highest BCUT2D eigenvalue weighted by atomic mass is 16.5. The molecule has 0 aliphatic carbocycles. The second-order valence-electron chi connectivity index (χ2n) is 5.02. The summed E-state index contributed by atoms with van der Waals surface area (Å²) >= 11 is 0. The molecular weight excluding hydrogens is 264 g/mol. The van der Waals surface area contributed by atoms with E-state index >= 15 is 0 Å². The first kappa shape index (κ1) is 17.2. The van der Waals surface area contributed by atoms with Crippen molar-refractivity contribution in [3.8, 4) is 5.75 Å². The molecule has 1 aromatic carbocycles. The lowest BCUT2D eigenvalue weighted by molar-refractivity contribution is -0.122. The summed E-state index contributed by atoms with van der Waals surface area (Å²) in [6.07, 6.45) is 3.79. The van der Waals surface area contributed by atoms with Gasteiger partial charge in [0.2, 0.25) is 0 Å². The molecule has 0 fully saturated rings. The van der Waals surface area contributed by atoms with Crippen LogP contribution in [0, 0.1) is 0 Å². The molecule has 1 aromatic rings. The zero-order valence-corrected chi connectivity index (χ0v) is 13.0. The van der Waals surface area contributed by atoms with E-state index in [0.717, 1.165) is 19.4 Å². The summed E-state index contributed by atoms with van der Waals surface area (Å²) in [6, 6.07) is 8.45. The first-order chi connectivity index (χ1) is 10.2. The number of aryl methyl sites for hydroxylation is 1. The highest BCUT2D eigenvalue weighted by Gasteiger charge is 2.03. The van der Waals surface area contributed by atoms with Crippen molar-refractivity contribution in [3.63, 3.8) is 0 Å². The number of carbonyl (C=O) groups excluding carboxylic acids is 1. The van der Waals surface area contributed by atoms with Crippen molar-refractivity contribution in [2.45, 2.75) is 32.7 Å². The van der Waals surface area contributed by atoms with E-state index in [2.05, 4.69) is 43.2 Å². The molecule has 4 heteroatoms. The first-order valence-electron chi connectivity index (χ1n) is 7.48. The Kier molecular flexibility index (Phi) is 8.21. The summed E-state index contributed by atoms with van der Waals surface area (Å²) in [5.41, 5.74) is 1.28. The van der Waals surface area contributed by atoms with E-state index in [1.54, 1.807) is 6.08 Å². The average molecular weight is 290 g/mol. The van der Waals surface area contributed by atoms with Crippen LogP contribution in [0.1, 0.15) is 25.8 Å². The minimum Gasteiger partial charge on any atom is -0.484 e. The van der Waals surface area contributed by atoms with Crippen molar-refractivity contribution in [2.24, 2.45) is 0 Å². The van der Waals surface area contributed by atoms with Gasteiger partial charge in [-0.3, -0.25) is 4.79 Å². The van der Waals surface area contributed by atoms with Crippen LogP contribution in [0.4, 0.5) is 0 Å². The normalized spacial score (nSPS) is 11.7. The second-order valence-corrected chi connectivity index (χ2v) is 5.02. The van der Waals surface area contributed by atoms with Gasteiger partial charge in [-0.25, -0.2) is 0 Å². The Morgan fingerprint density at radius 2 is 2.10 bits per heavy atom. The molecule has 1 amide bonds. The Bertz CT molecular complexity index is 429. The number of rotatable bonds is 10. The predicted molar refractivity (Wildman–Crippen MR) is 86.6 cm³/mol. The fourth-order valence-corrected chi connectivity index (χ4v) is 1.97. The SMILES string of the molecule is C=CCNC(=O)COc1ccc(CCC(C)NCC)cc1. The van der Waals surface area contributed by atoms with Crippen molar-refractivity contribution in [2.75, 3.05) is 19.7 Å². The fourth-order valence-electron chi connectivity index (χ4n) is 1.97. The zero-order chi connectivity index (χ0) is 15.5. The van der Waals surface area contributed by atoms with Crippen LogP contribution in [0.3, 0.4) is 0 Å². The van der Waals surface area contributed by atoms with Crippen LogP contribution in [-0.4, -0.2) is 31.6 Å². The van der Waals surface area contributed by atoms with E-state index < -0.39 is 0 Å². The second kappa shape index (κ2) is 10.00. The minimum atomic E-state index is -0.140. The molecule has 21 heavy (non-hydrogen) atoms. The Balaban J connectivity index is 2.33. The molecule has 0 aliphatic heterocycles. The van der Waals surface area contributed by atoms with Gasteiger partial charge in [0.1, 0.15) is 5.75 Å². The Hall–Kier alpha value is -1.81. The molecule has 0 bridgehead atoms. The molecule has 1 unspecified atom stereocenters. The lowest BCUT2D eigenvalue weighted by Crippen LogP contribution is -2.28. The molecule has 1 rings (SSSR count). The fraction of sp³-hybridized carbons (Fsp3) is 0.471. The standard InChI is InChI=1S/C17H26N2O2/c1-4-12-19-17(20)13-21-16-10-8-15(9-11-16)7-6-14(3)18-5-2/h4,8-11,14,18H,1,5-7,12-13H2,2-3H3,(H,19,20). The maximum absolute atomic E-state index is 11.4. The first-order valence-corrected chi connectivity index (χ1v) is 7.48. The van der Waals surface area contributed by atoms with Crippen molar-refractivity contribution in [1.29, 1.82) is 0 Å². The van der Waals surface area contributed by atoms with Gasteiger partial charge in [0.05, 0.1) is 0 Å². The molecule has 0 saturated heterocycles. The predicted octanol–water partition coefficient (Wildman–Crippen LogP) is 2.30. The lowest BCUT2D eigenvalue weighted by Gasteiger charge is -2.12. The molecule has 0 spiro atoms. The quantitative estimate of drug-likeness (QED) is 0.650. The average Bonchev–Trinajstić information content (AvgIpc) is 2.50. The van der Waals surface area contributed by atoms with Gasteiger partial charge in [0.25, 0.3) is 5.91 Å². The van der Waals surface area contributed by atoms with E-state index in [1.807, 2.05) is 12.1 Å². The monoisotopic (exact) mass is 290 g/mol. The maximum atomic E-state index is 11.4. The van der Waals surface area contributed by atoms with Gasteiger partial charge >= 0.3 is 0 Å². The smallest absolute Gasteiger partial charge is 0.258 e. The molecule has 116 valence electrons. The molecule has 0 aliphatic rings. The minimum absolute atomic E-state index is 0.0324. The van der Waals surface area contributed by atoms with E-state index in [1.165, 1.54) is 5.56 Å². The maximum Gasteiger partial charge on any atom is 0.258 e. The van der Waals surface area contributed by atoms with E-state index in [0.29, 0.717) is 18.3 Å². The summed E-state index contributed by atoms with van der Waals surface area (Å²) in [7, 11) is 0. The number of benzene rings is 1. The van der Waals surface area contributed by atoms with Gasteiger partial charge in [0.15, 0.2) is 6.61 Å². The van der Waals surface area contributed by atoms with Gasteiger partial charge in [-0.05, 0) is 44.0 Å². The van der Waals surface area contributed by atoms with Gasteiger partial charge < -0.3 is 15.4 Å². The number of hydrogen-bond acceptors (Lipinski definition) is 3. The van der Waals surface area contributed by atoms with Gasteiger partial charge in [-0.15, -0.1) is 6.58 Å². The number of amides is 1. The molecule has 1 atom stereocenters. The summed E-state index contributed by atoms with van der Waals surface area (Å²) < 4.78 is 5.43. The molecule has 0 saturated carbocycles. The highest BCUT2D eigenvalue weighted by Crippen LogP contribution is 2.13. The van der Waals surface area contributed by atoms with Crippen LogP contribution in [0.15, 0.2) is 36.9 Å². The van der Waals surface area contributed by atoms with Crippen LogP contribution in [-0.2, 0) is 11.2 Å². The summed E-state index contributed by atoms with van der Waals surface area (Å²) in [5.74, 6) is 0.575. The molecule has 0 aromatic heterocycles. The third-order valence-corrected chi connectivity index (χ3v) is 3.16. The van der Waals surface area contributed by atoms with Gasteiger partial charge in [-0.1, -0.05) is 25.1 Å². The van der Waals surface area contributed by atoms with E-state index in [4.69, 9.17) is 4.74 Å². The lowest BCUT2D eigenvalue weighted by atomic mass is 10.1. The third kappa shape index (κ3) is 7.51. The number of carbonyl (C=O) groups is 1. The number of ether oxygens (including phenoxy) is 1. The number of hydrogen-bond donors (Lipinski definition) is 2. The molecule has 0 radical (unpaired) electrons. The molecule has 2 N–H and O–H groups in total. The van der Waals surface area contributed by atoms with E-state index in [9.17, 15) is 4.79 Å². The molecule has 4 nitrogen and oxygen atoms in total. The highest BCUT2D eigenvalue weighted by molar-refractivity contribution is 5.77. The van der Waals surface area contributed by atoms with Crippen LogP contribution in [0.2, 0.25) is 0 Å². The van der Waals surface area contributed by atoms with Crippen LogP contribution < -0.4 is 15.4 Å². The Labute approximate surface area is 127 Å². The van der Waals surface area contributed by atoms with Crippen molar-refractivity contribution in [3.05, 3.63) is 42.5 Å². The largest absolute Gasteiger partial charge is 0.484 e. The van der Waals surface area contributed by atoms with Crippen LogP contribution >= 0.6 is 0 Å². The Morgan fingerprint density at radius 3 is 2.71 bits per heavy atom. The van der Waals surface area contributed by atoms with Crippen molar-refractivity contribution >= 4 is 5.91 Å². The van der Waals surface area contributed by atoms with Crippen molar-refractivity contribution in [1.82, 2.24) is 10.6 Å². The zero-order valence-electron chi connectivity index (χ0n) is 13.0. The number of nitrogens with one attached hydrogen (secondary N) is 2. The van der Waals surface area contributed by atoms with Gasteiger partial charge in [-0.2, -0.15) is 0 Å². The molecule has 0 heterocycles. The van der Waals surface area contributed by atoms with Crippen molar-refractivity contribution < 1.29 is 9.53 Å². The Morgan fingerprint density at radius 1 is 1.38 bits per heavy atom. The van der Waals surface area contributed by atoms with E-state index in [-0.39, 0.29) is 12.5 Å². The third-order valence-electron chi connectivity index (χ3n) is 3.16.